The van der Waals surface area contributed by atoms with Crippen LogP contribution in [0.25, 0.3) is 0 Å². The van der Waals surface area contributed by atoms with Gasteiger partial charge in [-0.2, -0.15) is 0 Å². The summed E-state index contributed by atoms with van der Waals surface area (Å²) >= 11 is 0. The third-order valence-corrected chi connectivity index (χ3v) is 5.85. The molecule has 2 aliphatic carbocycles. The van der Waals surface area contributed by atoms with Gasteiger partial charge in [-0.3, -0.25) is 0 Å². The van der Waals surface area contributed by atoms with E-state index >= 15 is 0 Å². The minimum absolute atomic E-state index is 0.0647. The van der Waals surface area contributed by atoms with Gasteiger partial charge in [0.1, 0.15) is 11.9 Å². The zero-order valence-electron chi connectivity index (χ0n) is 15.9. The second-order valence-electron chi connectivity index (χ2n) is 7.54. The van der Waals surface area contributed by atoms with Crippen LogP contribution >= 0.6 is 0 Å². The minimum atomic E-state index is 0.0647. The molecule has 0 spiro atoms. The first-order chi connectivity index (χ1) is 12.8. The summed E-state index contributed by atoms with van der Waals surface area (Å²) in [7, 11) is 1.85. The molecule has 1 aromatic rings. The number of methoxy groups -OCH3 is 1. The molecule has 5 heteroatoms. The SMILES string of the molecule is CCCN(c1nc(C2C=CC=CN2)nc2c1CCC2)C1CCC[C@@H]1OC. The second kappa shape index (κ2) is 7.78. The lowest BCUT2D eigenvalue weighted by atomic mass is 10.1. The van der Waals surface area contributed by atoms with E-state index < -0.39 is 0 Å². The molecule has 1 N–H and O–H groups in total. The van der Waals surface area contributed by atoms with Crippen molar-refractivity contribution in [2.45, 2.75) is 70.1 Å². The number of nitrogens with zero attached hydrogens (tertiary/aromatic N) is 3. The van der Waals surface area contributed by atoms with Crippen molar-refractivity contribution in [1.82, 2.24) is 15.3 Å². The molecule has 3 aliphatic rings. The third kappa shape index (κ3) is 3.25. The van der Waals surface area contributed by atoms with E-state index in [2.05, 4.69) is 29.3 Å². The quantitative estimate of drug-likeness (QED) is 0.848. The Morgan fingerprint density at radius 1 is 1.19 bits per heavy atom. The van der Waals surface area contributed by atoms with Crippen LogP contribution in [-0.2, 0) is 17.6 Å². The maximum absolute atomic E-state index is 5.82. The Bertz CT molecular complexity index is 699. The van der Waals surface area contributed by atoms with Gasteiger partial charge in [-0.25, -0.2) is 9.97 Å². The molecule has 0 aromatic carbocycles. The predicted molar refractivity (Wildman–Crippen MR) is 104 cm³/mol. The Kier molecular flexibility index (Phi) is 5.25. The summed E-state index contributed by atoms with van der Waals surface area (Å²) in [5.41, 5.74) is 2.63. The molecule has 0 amide bonds. The molecule has 0 saturated heterocycles. The third-order valence-electron chi connectivity index (χ3n) is 5.85. The fourth-order valence-corrected chi connectivity index (χ4v) is 4.62. The van der Waals surface area contributed by atoms with Gasteiger partial charge in [0, 0.05) is 24.9 Å². The van der Waals surface area contributed by atoms with Crippen molar-refractivity contribution in [3.05, 3.63) is 41.5 Å². The number of nitrogens with one attached hydrogen (secondary N) is 1. The molecule has 26 heavy (non-hydrogen) atoms. The summed E-state index contributed by atoms with van der Waals surface area (Å²) in [5.74, 6) is 2.07. The highest BCUT2D eigenvalue weighted by Crippen LogP contribution is 2.35. The van der Waals surface area contributed by atoms with Crippen LogP contribution in [0.1, 0.15) is 62.2 Å². The van der Waals surface area contributed by atoms with Gasteiger partial charge >= 0.3 is 0 Å². The molecule has 0 bridgehead atoms. The molecule has 0 radical (unpaired) electrons. The van der Waals surface area contributed by atoms with E-state index in [1.807, 2.05) is 19.4 Å². The molecule has 2 unspecified atom stereocenters. The smallest absolute Gasteiger partial charge is 0.157 e. The number of fused-ring (bicyclic) bond motifs is 1. The van der Waals surface area contributed by atoms with Crippen LogP contribution in [-0.4, -0.2) is 35.8 Å². The van der Waals surface area contributed by atoms with Crippen LogP contribution in [0.3, 0.4) is 0 Å². The molecule has 1 saturated carbocycles. The van der Waals surface area contributed by atoms with E-state index in [9.17, 15) is 0 Å². The normalized spacial score (nSPS) is 26.8. The first kappa shape index (κ1) is 17.5. The monoisotopic (exact) mass is 354 g/mol. The lowest BCUT2D eigenvalue weighted by Gasteiger charge is -2.35. The molecule has 1 aliphatic heterocycles. The topological polar surface area (TPSA) is 50.3 Å². The van der Waals surface area contributed by atoms with E-state index in [4.69, 9.17) is 14.7 Å². The number of rotatable bonds is 6. The molecule has 1 fully saturated rings. The number of anilines is 1. The van der Waals surface area contributed by atoms with Gasteiger partial charge < -0.3 is 15.0 Å². The maximum Gasteiger partial charge on any atom is 0.157 e. The van der Waals surface area contributed by atoms with Crippen molar-refractivity contribution in [3.8, 4) is 0 Å². The number of aromatic nitrogens is 2. The fraction of sp³-hybridized carbons (Fsp3) is 0.619. The van der Waals surface area contributed by atoms with Crippen LogP contribution < -0.4 is 10.2 Å². The highest BCUT2D eigenvalue weighted by molar-refractivity contribution is 5.53. The van der Waals surface area contributed by atoms with E-state index in [0.717, 1.165) is 38.1 Å². The number of dihydropyridines is 1. The lowest BCUT2D eigenvalue weighted by molar-refractivity contribution is 0.0930. The highest BCUT2D eigenvalue weighted by atomic mass is 16.5. The molecule has 2 heterocycles. The average molecular weight is 354 g/mol. The van der Waals surface area contributed by atoms with Crippen LogP contribution in [0.5, 0.6) is 0 Å². The van der Waals surface area contributed by atoms with Crippen molar-refractivity contribution in [2.75, 3.05) is 18.6 Å². The average Bonchev–Trinajstić information content (AvgIpc) is 3.35. The van der Waals surface area contributed by atoms with Crippen LogP contribution in [0, 0.1) is 0 Å². The van der Waals surface area contributed by atoms with Crippen molar-refractivity contribution in [2.24, 2.45) is 0 Å². The van der Waals surface area contributed by atoms with E-state index in [-0.39, 0.29) is 6.04 Å². The molecule has 3 atom stereocenters. The van der Waals surface area contributed by atoms with Crippen LogP contribution in [0.2, 0.25) is 0 Å². The predicted octanol–water partition coefficient (Wildman–Crippen LogP) is 3.46. The number of allylic oxidation sites excluding steroid dienone is 2. The number of aryl methyl sites for hydroxylation is 1. The van der Waals surface area contributed by atoms with Gasteiger partial charge in [-0.1, -0.05) is 19.1 Å². The van der Waals surface area contributed by atoms with Gasteiger partial charge in [-0.15, -0.1) is 0 Å². The summed E-state index contributed by atoms with van der Waals surface area (Å²) < 4.78 is 5.82. The summed E-state index contributed by atoms with van der Waals surface area (Å²) in [6.45, 7) is 3.28. The molecular formula is C21H30N4O. The molecule has 5 nitrogen and oxygen atoms in total. The highest BCUT2D eigenvalue weighted by Gasteiger charge is 2.35. The lowest BCUT2D eigenvalue weighted by Crippen LogP contribution is -2.43. The largest absolute Gasteiger partial charge is 0.379 e. The zero-order chi connectivity index (χ0) is 17.9. The summed E-state index contributed by atoms with van der Waals surface area (Å²) in [6.07, 6.45) is 16.6. The van der Waals surface area contributed by atoms with E-state index in [1.54, 1.807) is 0 Å². The van der Waals surface area contributed by atoms with Crippen molar-refractivity contribution < 1.29 is 4.74 Å². The standard InChI is InChI=1S/C21H30N4O/c1-3-14-25(18-11-7-12-19(18)26-2)21-15-8-6-10-16(15)23-20(24-21)17-9-4-5-13-22-17/h4-5,9,13,17-19,22H,3,6-8,10-12,14H2,1-2H3/t17?,18?,19-/m0/s1. The number of hydrogen-bond donors (Lipinski definition) is 1. The first-order valence-corrected chi connectivity index (χ1v) is 10.1. The Labute approximate surface area is 156 Å². The van der Waals surface area contributed by atoms with Gasteiger partial charge in [0.2, 0.25) is 0 Å². The van der Waals surface area contributed by atoms with Crippen molar-refractivity contribution >= 4 is 5.82 Å². The Balaban J connectivity index is 1.74. The summed E-state index contributed by atoms with van der Waals surface area (Å²) in [6, 6.07) is 0.497. The van der Waals surface area contributed by atoms with Crippen LogP contribution in [0.4, 0.5) is 5.82 Å². The van der Waals surface area contributed by atoms with Gasteiger partial charge in [-0.05, 0) is 57.2 Å². The van der Waals surface area contributed by atoms with Gasteiger partial charge in [0.15, 0.2) is 5.82 Å². The van der Waals surface area contributed by atoms with E-state index in [1.165, 1.54) is 36.3 Å². The minimum Gasteiger partial charge on any atom is -0.379 e. The summed E-state index contributed by atoms with van der Waals surface area (Å²) in [4.78, 5) is 12.6. The Hall–Kier alpha value is -1.88. The molecule has 140 valence electrons. The zero-order valence-corrected chi connectivity index (χ0v) is 15.9. The van der Waals surface area contributed by atoms with Gasteiger partial charge in [0.05, 0.1) is 12.1 Å². The summed E-state index contributed by atoms with van der Waals surface area (Å²) in [5, 5.41) is 3.38. The fourth-order valence-electron chi connectivity index (χ4n) is 4.62. The molecule has 1 aromatic heterocycles. The number of hydrogen-bond acceptors (Lipinski definition) is 5. The maximum atomic E-state index is 5.82. The Morgan fingerprint density at radius 3 is 2.88 bits per heavy atom. The van der Waals surface area contributed by atoms with E-state index in [0.29, 0.717) is 12.1 Å². The number of ether oxygens (including phenoxy) is 1. The van der Waals surface area contributed by atoms with Crippen molar-refractivity contribution in [1.29, 1.82) is 0 Å². The molecular weight excluding hydrogens is 324 g/mol. The van der Waals surface area contributed by atoms with Crippen molar-refractivity contribution in [3.63, 3.8) is 0 Å². The Morgan fingerprint density at radius 2 is 2.12 bits per heavy atom. The first-order valence-electron chi connectivity index (χ1n) is 10.1. The molecule has 4 rings (SSSR count). The second-order valence-corrected chi connectivity index (χ2v) is 7.54. The van der Waals surface area contributed by atoms with Crippen LogP contribution in [0.15, 0.2) is 24.4 Å². The van der Waals surface area contributed by atoms with Gasteiger partial charge in [0.25, 0.3) is 0 Å².